The fraction of sp³-hybridized carbons (Fsp3) is 0.273. The molecule has 1 amide bonds. The monoisotopic (exact) mass is 254 g/mol. The Morgan fingerprint density at radius 1 is 1.53 bits per heavy atom. The van der Waals surface area contributed by atoms with Gasteiger partial charge in [0.15, 0.2) is 0 Å². The topological polar surface area (TPSA) is 83.8 Å². The third kappa shape index (κ3) is 2.95. The number of amides is 1. The van der Waals surface area contributed by atoms with Gasteiger partial charge in [0.2, 0.25) is 5.91 Å². The van der Waals surface area contributed by atoms with Crippen LogP contribution in [0, 0.1) is 6.92 Å². The van der Waals surface area contributed by atoms with Gasteiger partial charge in [0, 0.05) is 24.0 Å². The van der Waals surface area contributed by atoms with Crippen molar-refractivity contribution >= 4 is 34.9 Å². The van der Waals surface area contributed by atoms with E-state index in [0.29, 0.717) is 13.0 Å². The number of carbonyl (C=O) groups excluding carboxylic acids is 1. The van der Waals surface area contributed by atoms with Crippen LogP contribution in [0.15, 0.2) is 18.3 Å². The molecule has 0 aliphatic carbocycles. The molecule has 5 nitrogen and oxygen atoms in total. The number of hydrogen-bond donors (Lipinski definition) is 3. The smallest absolute Gasteiger partial charge is 0.225 e. The van der Waals surface area contributed by atoms with Gasteiger partial charge in [-0.2, -0.15) is 5.10 Å². The second-order valence-corrected chi connectivity index (χ2v) is 3.71. The molecule has 0 fully saturated rings. The number of halogens is 1. The van der Waals surface area contributed by atoms with Crippen molar-refractivity contribution in [1.29, 1.82) is 0 Å². The van der Waals surface area contributed by atoms with Crippen molar-refractivity contribution in [2.24, 2.45) is 5.73 Å². The second kappa shape index (κ2) is 5.65. The minimum atomic E-state index is -0.0653. The molecule has 1 aromatic heterocycles. The molecule has 0 radical (unpaired) electrons. The van der Waals surface area contributed by atoms with Crippen LogP contribution < -0.4 is 11.1 Å². The first-order valence-electron chi connectivity index (χ1n) is 5.14. The molecule has 2 aromatic rings. The summed E-state index contributed by atoms with van der Waals surface area (Å²) in [7, 11) is 0. The summed E-state index contributed by atoms with van der Waals surface area (Å²) in [5.74, 6) is -0.0653. The molecule has 92 valence electrons. The van der Waals surface area contributed by atoms with Crippen molar-refractivity contribution in [2.75, 3.05) is 11.9 Å². The maximum absolute atomic E-state index is 11.4. The molecule has 6 heteroatoms. The van der Waals surface area contributed by atoms with E-state index in [-0.39, 0.29) is 18.3 Å². The van der Waals surface area contributed by atoms with E-state index in [9.17, 15) is 4.79 Å². The number of aromatic nitrogens is 2. The summed E-state index contributed by atoms with van der Waals surface area (Å²) in [4.78, 5) is 11.4. The molecular formula is C11H15ClN4O. The number of aromatic amines is 1. The number of anilines is 1. The molecule has 1 heterocycles. The van der Waals surface area contributed by atoms with Gasteiger partial charge in [0.05, 0.1) is 11.7 Å². The number of nitrogens with zero attached hydrogens (tertiary/aromatic N) is 1. The van der Waals surface area contributed by atoms with Crippen LogP contribution >= 0.6 is 12.4 Å². The van der Waals surface area contributed by atoms with Gasteiger partial charge in [0.25, 0.3) is 0 Å². The van der Waals surface area contributed by atoms with Crippen LogP contribution in [0.5, 0.6) is 0 Å². The van der Waals surface area contributed by atoms with Gasteiger partial charge in [-0.1, -0.05) is 0 Å². The fourth-order valence-electron chi connectivity index (χ4n) is 1.58. The van der Waals surface area contributed by atoms with Gasteiger partial charge in [-0.25, -0.2) is 0 Å². The van der Waals surface area contributed by atoms with E-state index >= 15 is 0 Å². The maximum atomic E-state index is 11.4. The molecule has 0 spiro atoms. The molecule has 1 aromatic carbocycles. The fourth-order valence-corrected chi connectivity index (χ4v) is 1.58. The number of hydrogen-bond acceptors (Lipinski definition) is 3. The highest BCUT2D eigenvalue weighted by Gasteiger charge is 2.06. The van der Waals surface area contributed by atoms with E-state index in [1.807, 2.05) is 19.1 Å². The van der Waals surface area contributed by atoms with Gasteiger partial charge in [-0.05, 0) is 24.6 Å². The molecule has 17 heavy (non-hydrogen) atoms. The van der Waals surface area contributed by atoms with E-state index < -0.39 is 0 Å². The summed E-state index contributed by atoms with van der Waals surface area (Å²) in [6.45, 7) is 2.31. The molecule has 0 saturated heterocycles. The van der Waals surface area contributed by atoms with Crippen molar-refractivity contribution in [2.45, 2.75) is 13.3 Å². The van der Waals surface area contributed by atoms with Gasteiger partial charge in [-0.3, -0.25) is 9.89 Å². The lowest BCUT2D eigenvalue weighted by Gasteiger charge is -2.07. The van der Waals surface area contributed by atoms with Crippen LogP contribution in [0.25, 0.3) is 10.9 Å². The molecule has 0 unspecified atom stereocenters. The predicted octanol–water partition coefficient (Wildman–Crippen LogP) is 1.58. The molecule has 0 aliphatic rings. The average Bonchev–Trinajstić information content (AvgIpc) is 2.65. The molecule has 4 N–H and O–H groups in total. The number of nitrogens with two attached hydrogens (primary N) is 1. The average molecular weight is 255 g/mol. The number of rotatable bonds is 3. The largest absolute Gasteiger partial charge is 0.330 e. The van der Waals surface area contributed by atoms with E-state index in [0.717, 1.165) is 22.2 Å². The number of H-pyrrole nitrogens is 1. The van der Waals surface area contributed by atoms with Crippen molar-refractivity contribution in [3.8, 4) is 0 Å². The van der Waals surface area contributed by atoms with Crippen LogP contribution in [0.3, 0.4) is 0 Å². The van der Waals surface area contributed by atoms with Gasteiger partial charge >= 0.3 is 0 Å². The van der Waals surface area contributed by atoms with Crippen molar-refractivity contribution in [1.82, 2.24) is 10.2 Å². The minimum absolute atomic E-state index is 0. The highest BCUT2D eigenvalue weighted by atomic mass is 35.5. The van der Waals surface area contributed by atoms with Crippen LogP contribution in [0.2, 0.25) is 0 Å². The minimum Gasteiger partial charge on any atom is -0.330 e. The summed E-state index contributed by atoms with van der Waals surface area (Å²) in [5.41, 5.74) is 8.04. The first kappa shape index (κ1) is 13.5. The lowest BCUT2D eigenvalue weighted by molar-refractivity contribution is -0.116. The Bertz CT molecular complexity index is 523. The van der Waals surface area contributed by atoms with Crippen molar-refractivity contribution in [3.05, 3.63) is 23.9 Å². The quantitative estimate of drug-likeness (QED) is 0.778. The summed E-state index contributed by atoms with van der Waals surface area (Å²) in [6.07, 6.45) is 2.09. The molecule has 0 bridgehead atoms. The Balaban J connectivity index is 0.00000144. The zero-order valence-corrected chi connectivity index (χ0v) is 10.3. The molecular weight excluding hydrogens is 240 g/mol. The Kier molecular flexibility index (Phi) is 4.48. The Morgan fingerprint density at radius 2 is 2.29 bits per heavy atom. The van der Waals surface area contributed by atoms with Crippen molar-refractivity contribution < 1.29 is 4.79 Å². The Morgan fingerprint density at radius 3 is 3.00 bits per heavy atom. The highest BCUT2D eigenvalue weighted by molar-refractivity contribution is 5.94. The lowest BCUT2D eigenvalue weighted by atomic mass is 10.1. The Hall–Kier alpha value is -1.59. The molecule has 2 rings (SSSR count). The number of carbonyl (C=O) groups is 1. The van der Waals surface area contributed by atoms with Gasteiger partial charge in [-0.15, -0.1) is 12.4 Å². The van der Waals surface area contributed by atoms with Gasteiger partial charge < -0.3 is 11.1 Å². The van der Waals surface area contributed by atoms with Crippen molar-refractivity contribution in [3.63, 3.8) is 0 Å². The normalized spacial score (nSPS) is 10.0. The number of aryl methyl sites for hydroxylation is 1. The summed E-state index contributed by atoms with van der Waals surface area (Å²) in [5, 5.41) is 10.7. The molecule has 0 aliphatic heterocycles. The SMILES string of the molecule is Cc1cc2cn[nH]c2cc1NC(=O)CCN.Cl. The third-order valence-corrected chi connectivity index (χ3v) is 2.43. The number of benzene rings is 1. The summed E-state index contributed by atoms with van der Waals surface area (Å²) >= 11 is 0. The Labute approximate surface area is 105 Å². The zero-order valence-electron chi connectivity index (χ0n) is 9.49. The summed E-state index contributed by atoms with van der Waals surface area (Å²) < 4.78 is 0. The van der Waals surface area contributed by atoms with E-state index in [4.69, 9.17) is 5.73 Å². The van der Waals surface area contributed by atoms with Crippen LogP contribution in [0.1, 0.15) is 12.0 Å². The predicted molar refractivity (Wildman–Crippen MR) is 70.4 cm³/mol. The van der Waals surface area contributed by atoms with Crippen LogP contribution in [-0.4, -0.2) is 22.6 Å². The second-order valence-electron chi connectivity index (χ2n) is 3.71. The van der Waals surface area contributed by atoms with Crippen LogP contribution in [-0.2, 0) is 4.79 Å². The standard InChI is InChI=1S/C11H14N4O.ClH/c1-7-4-8-6-13-15-10(8)5-9(7)14-11(16)2-3-12;/h4-6H,2-3,12H2,1H3,(H,13,15)(H,14,16);1H. The first-order chi connectivity index (χ1) is 7.70. The molecule has 0 saturated carbocycles. The lowest BCUT2D eigenvalue weighted by Crippen LogP contribution is -2.16. The first-order valence-corrected chi connectivity index (χ1v) is 5.14. The number of fused-ring (bicyclic) bond motifs is 1. The zero-order chi connectivity index (χ0) is 11.5. The number of nitrogens with one attached hydrogen (secondary N) is 2. The maximum Gasteiger partial charge on any atom is 0.225 e. The van der Waals surface area contributed by atoms with E-state index in [1.165, 1.54) is 0 Å². The van der Waals surface area contributed by atoms with Gasteiger partial charge in [0.1, 0.15) is 0 Å². The molecule has 0 atom stereocenters. The highest BCUT2D eigenvalue weighted by Crippen LogP contribution is 2.21. The van der Waals surface area contributed by atoms with Crippen LogP contribution in [0.4, 0.5) is 5.69 Å². The van der Waals surface area contributed by atoms with E-state index in [2.05, 4.69) is 15.5 Å². The van der Waals surface area contributed by atoms with E-state index in [1.54, 1.807) is 6.20 Å². The summed E-state index contributed by atoms with van der Waals surface area (Å²) in [6, 6.07) is 3.86. The third-order valence-electron chi connectivity index (χ3n) is 2.43.